The molecule has 1 aromatic carbocycles. The van der Waals surface area contributed by atoms with Crippen molar-refractivity contribution in [2.45, 2.75) is 32.3 Å². The number of benzene rings is 1. The van der Waals surface area contributed by atoms with Gasteiger partial charge in [-0.2, -0.15) is 0 Å². The molecule has 5 nitrogen and oxygen atoms in total. The van der Waals surface area contributed by atoms with Gasteiger partial charge in [-0.3, -0.25) is 4.79 Å². The van der Waals surface area contributed by atoms with Crippen molar-refractivity contribution in [3.8, 4) is 5.75 Å². The van der Waals surface area contributed by atoms with Gasteiger partial charge in [-0.15, -0.1) is 0 Å². The number of hydrogen-bond donors (Lipinski definition) is 2. The van der Waals surface area contributed by atoms with Gasteiger partial charge < -0.3 is 19.7 Å². The summed E-state index contributed by atoms with van der Waals surface area (Å²) in [6.45, 7) is 2.97. The lowest BCUT2D eigenvalue weighted by atomic mass is 9.94. The molecule has 1 aromatic rings. The summed E-state index contributed by atoms with van der Waals surface area (Å²) in [5, 5.41) is 19.8. The molecule has 4 atom stereocenters. The highest BCUT2D eigenvalue weighted by atomic mass is 35.5. The third kappa shape index (κ3) is 4.45. The van der Waals surface area contributed by atoms with Gasteiger partial charge in [-0.25, -0.2) is 0 Å². The second kappa shape index (κ2) is 7.59. The second-order valence-electron chi connectivity index (χ2n) is 4.51. The molecule has 0 radical (unpaired) electrons. The molecule has 0 aliphatic heterocycles. The highest BCUT2D eigenvalue weighted by Gasteiger charge is 2.35. The molecule has 0 bridgehead atoms. The zero-order valence-electron chi connectivity index (χ0n) is 11.6. The molecular formula is C14H19ClO5. The van der Waals surface area contributed by atoms with Gasteiger partial charge >= 0.3 is 0 Å². The van der Waals surface area contributed by atoms with E-state index in [1.54, 1.807) is 31.2 Å². The Morgan fingerprint density at radius 2 is 1.75 bits per heavy atom. The normalized spacial score (nSPS) is 17.1. The molecule has 0 saturated carbocycles. The van der Waals surface area contributed by atoms with E-state index in [2.05, 4.69) is 0 Å². The zero-order chi connectivity index (χ0) is 15.3. The molecule has 0 amide bonds. The Labute approximate surface area is 123 Å². The molecule has 112 valence electrons. The van der Waals surface area contributed by atoms with E-state index >= 15 is 0 Å². The van der Waals surface area contributed by atoms with Gasteiger partial charge in [-0.05, 0) is 38.1 Å². The number of ether oxygens (including phenoxy) is 2. The summed E-state index contributed by atoms with van der Waals surface area (Å²) in [5.74, 6) is -1.03. The van der Waals surface area contributed by atoms with Gasteiger partial charge in [0, 0.05) is 12.1 Å². The number of hydrogen-bond acceptors (Lipinski definition) is 5. The van der Waals surface area contributed by atoms with E-state index in [1.165, 1.54) is 14.0 Å². The summed E-state index contributed by atoms with van der Waals surface area (Å²) in [6, 6.07) is 6.56. The van der Waals surface area contributed by atoms with Gasteiger partial charge in [0.2, 0.25) is 0 Å². The van der Waals surface area contributed by atoms with E-state index in [4.69, 9.17) is 21.1 Å². The van der Waals surface area contributed by atoms with Crippen LogP contribution in [0.25, 0.3) is 0 Å². The highest BCUT2D eigenvalue weighted by molar-refractivity contribution is 6.30. The van der Waals surface area contributed by atoms with Crippen LogP contribution in [0, 0.1) is 5.92 Å². The average Bonchev–Trinajstić information content (AvgIpc) is 2.40. The van der Waals surface area contributed by atoms with Crippen molar-refractivity contribution in [1.29, 1.82) is 0 Å². The lowest BCUT2D eigenvalue weighted by molar-refractivity contribution is -0.164. The monoisotopic (exact) mass is 302 g/mol. The summed E-state index contributed by atoms with van der Waals surface area (Å²) in [6.07, 6.45) is -3.26. The van der Waals surface area contributed by atoms with Crippen LogP contribution in [0.1, 0.15) is 13.8 Å². The van der Waals surface area contributed by atoms with Crippen LogP contribution in [0.15, 0.2) is 24.3 Å². The van der Waals surface area contributed by atoms with Crippen LogP contribution in [-0.2, 0) is 9.53 Å². The fourth-order valence-corrected chi connectivity index (χ4v) is 1.94. The minimum atomic E-state index is -1.38. The highest BCUT2D eigenvalue weighted by Crippen LogP contribution is 2.20. The number of Topliss-reactive ketones (excluding diaryl/α,β-unsaturated/α-hetero) is 1. The Hall–Kier alpha value is -1.14. The van der Waals surface area contributed by atoms with Crippen molar-refractivity contribution in [1.82, 2.24) is 0 Å². The maximum Gasteiger partial charge on any atom is 0.183 e. The van der Waals surface area contributed by atoms with Crippen molar-refractivity contribution < 1.29 is 24.5 Å². The van der Waals surface area contributed by atoms with Crippen LogP contribution in [0.2, 0.25) is 5.02 Å². The summed E-state index contributed by atoms with van der Waals surface area (Å²) in [7, 11) is 1.26. The molecule has 0 aromatic heterocycles. The van der Waals surface area contributed by atoms with Gasteiger partial charge in [0.1, 0.15) is 5.75 Å². The SMILES string of the molecule is COC(O)C(C(=O)C(C)Oc1ccc(Cl)cc1)C(C)O. The average molecular weight is 303 g/mol. The topological polar surface area (TPSA) is 76.0 Å². The minimum absolute atomic E-state index is 0.440. The summed E-state index contributed by atoms with van der Waals surface area (Å²) in [5.41, 5.74) is 0. The predicted octanol–water partition coefficient (Wildman–Crippen LogP) is 1.64. The van der Waals surface area contributed by atoms with Crippen LogP contribution in [0.5, 0.6) is 5.75 Å². The summed E-state index contributed by atoms with van der Waals surface area (Å²) in [4.78, 5) is 12.2. The number of rotatable bonds is 7. The maximum atomic E-state index is 12.2. The number of methoxy groups -OCH3 is 1. The van der Waals surface area contributed by atoms with E-state index in [-0.39, 0.29) is 0 Å². The van der Waals surface area contributed by atoms with Crippen LogP contribution >= 0.6 is 11.6 Å². The number of carbonyl (C=O) groups is 1. The number of halogens is 1. The third-order valence-electron chi connectivity index (χ3n) is 2.92. The van der Waals surface area contributed by atoms with Crippen LogP contribution in [0.3, 0.4) is 0 Å². The minimum Gasteiger partial charge on any atom is -0.483 e. The molecule has 20 heavy (non-hydrogen) atoms. The van der Waals surface area contributed by atoms with E-state index in [9.17, 15) is 15.0 Å². The largest absolute Gasteiger partial charge is 0.483 e. The quantitative estimate of drug-likeness (QED) is 0.749. The number of ketones is 1. The first-order chi connectivity index (χ1) is 9.36. The maximum absolute atomic E-state index is 12.2. The van der Waals surface area contributed by atoms with Crippen LogP contribution in [0.4, 0.5) is 0 Å². The standard InChI is InChI=1S/C14H19ClO5/c1-8(16)12(14(18)19-3)13(17)9(2)20-11-6-4-10(15)5-7-11/h4-9,12,14,16,18H,1-3H3. The van der Waals surface area contributed by atoms with Crippen molar-refractivity contribution >= 4 is 17.4 Å². The van der Waals surface area contributed by atoms with Gasteiger partial charge in [0.25, 0.3) is 0 Å². The predicted molar refractivity (Wildman–Crippen MR) is 74.7 cm³/mol. The van der Waals surface area contributed by atoms with Crippen molar-refractivity contribution in [2.75, 3.05) is 7.11 Å². The number of aliphatic hydroxyl groups excluding tert-OH is 2. The third-order valence-corrected chi connectivity index (χ3v) is 3.18. The fourth-order valence-electron chi connectivity index (χ4n) is 1.81. The molecule has 2 N–H and O–H groups in total. The molecule has 0 aliphatic rings. The molecule has 0 saturated heterocycles. The number of carbonyl (C=O) groups excluding carboxylic acids is 1. The Balaban J connectivity index is 2.76. The summed E-state index contributed by atoms with van der Waals surface area (Å²) >= 11 is 5.76. The molecule has 0 aliphatic carbocycles. The van der Waals surface area contributed by atoms with Crippen molar-refractivity contribution in [3.05, 3.63) is 29.3 Å². The van der Waals surface area contributed by atoms with Gasteiger partial charge in [0.05, 0.1) is 12.0 Å². The van der Waals surface area contributed by atoms with Crippen LogP contribution in [-0.4, -0.2) is 41.6 Å². The lowest BCUT2D eigenvalue weighted by Crippen LogP contribution is -2.43. The smallest absolute Gasteiger partial charge is 0.183 e. The molecule has 1 rings (SSSR count). The molecule has 0 heterocycles. The zero-order valence-corrected chi connectivity index (χ0v) is 12.4. The van der Waals surface area contributed by atoms with E-state index in [0.29, 0.717) is 10.8 Å². The van der Waals surface area contributed by atoms with Gasteiger partial charge in [-0.1, -0.05) is 11.6 Å². The first-order valence-corrected chi connectivity index (χ1v) is 6.59. The molecule has 6 heteroatoms. The number of aliphatic hydroxyl groups is 2. The lowest BCUT2D eigenvalue weighted by Gasteiger charge is -2.26. The van der Waals surface area contributed by atoms with E-state index in [0.717, 1.165) is 0 Å². The van der Waals surface area contributed by atoms with Crippen molar-refractivity contribution in [2.24, 2.45) is 5.92 Å². The first kappa shape index (κ1) is 16.9. The molecule has 0 spiro atoms. The first-order valence-electron chi connectivity index (χ1n) is 6.21. The Kier molecular flexibility index (Phi) is 6.42. The second-order valence-corrected chi connectivity index (χ2v) is 4.95. The summed E-state index contributed by atoms with van der Waals surface area (Å²) < 4.78 is 10.2. The Bertz CT molecular complexity index is 432. The van der Waals surface area contributed by atoms with Gasteiger partial charge in [0.15, 0.2) is 18.2 Å². The Morgan fingerprint density at radius 1 is 1.20 bits per heavy atom. The van der Waals surface area contributed by atoms with Crippen LogP contribution < -0.4 is 4.74 Å². The molecule has 4 unspecified atom stereocenters. The van der Waals surface area contributed by atoms with E-state index in [1.807, 2.05) is 0 Å². The van der Waals surface area contributed by atoms with E-state index < -0.39 is 30.2 Å². The molecular weight excluding hydrogens is 284 g/mol. The molecule has 0 fully saturated rings. The van der Waals surface area contributed by atoms with Crippen molar-refractivity contribution in [3.63, 3.8) is 0 Å². The Morgan fingerprint density at radius 3 is 2.20 bits per heavy atom. The fraction of sp³-hybridized carbons (Fsp3) is 0.500.